The fourth-order valence-electron chi connectivity index (χ4n) is 1.31. The van der Waals surface area contributed by atoms with Gasteiger partial charge in [0.25, 0.3) is 0 Å². The number of allylic oxidation sites excluding steroid dienone is 5. The van der Waals surface area contributed by atoms with E-state index >= 15 is 0 Å². The van der Waals surface area contributed by atoms with Crippen molar-refractivity contribution in [3.05, 3.63) is 41.2 Å². The monoisotopic (exact) mass is 204 g/mol. The molecular formula is C15H24. The molecule has 0 aromatic carbocycles. The first-order chi connectivity index (χ1) is 7.06. The SMILES string of the molecule is C=C=C(C)CC/C=C(\C)CCC=C(C)C. The molecule has 0 bridgehead atoms. The van der Waals surface area contributed by atoms with Crippen molar-refractivity contribution in [2.24, 2.45) is 0 Å². The number of hydrogen-bond acceptors (Lipinski definition) is 0. The van der Waals surface area contributed by atoms with Gasteiger partial charge in [-0.25, -0.2) is 0 Å². The van der Waals surface area contributed by atoms with Crippen molar-refractivity contribution in [1.29, 1.82) is 0 Å². The molecule has 0 aliphatic rings. The Morgan fingerprint density at radius 1 is 1.00 bits per heavy atom. The van der Waals surface area contributed by atoms with Crippen LogP contribution in [-0.2, 0) is 0 Å². The van der Waals surface area contributed by atoms with E-state index in [1.54, 1.807) is 0 Å². The predicted octanol–water partition coefficient (Wildman–Crippen LogP) is 5.19. The van der Waals surface area contributed by atoms with Gasteiger partial charge in [-0.05, 0) is 59.0 Å². The van der Waals surface area contributed by atoms with Crippen LogP contribution in [0.4, 0.5) is 0 Å². The lowest BCUT2D eigenvalue weighted by Crippen LogP contribution is -1.79. The fraction of sp³-hybridized carbons (Fsp3) is 0.533. The first kappa shape index (κ1) is 14.0. The van der Waals surface area contributed by atoms with E-state index in [0.717, 1.165) is 12.8 Å². The third kappa shape index (κ3) is 9.31. The molecule has 0 amide bonds. The van der Waals surface area contributed by atoms with E-state index in [2.05, 4.69) is 52.2 Å². The molecule has 0 heterocycles. The Balaban J connectivity index is 3.80. The highest BCUT2D eigenvalue weighted by Gasteiger charge is 1.90. The Bertz CT molecular complexity index is 279. The zero-order valence-electron chi connectivity index (χ0n) is 10.7. The minimum absolute atomic E-state index is 1.09. The molecule has 84 valence electrons. The van der Waals surface area contributed by atoms with Crippen LogP contribution in [0.25, 0.3) is 0 Å². The highest BCUT2D eigenvalue weighted by Crippen LogP contribution is 2.10. The molecule has 0 fully saturated rings. The van der Waals surface area contributed by atoms with E-state index in [0.29, 0.717) is 0 Å². The lowest BCUT2D eigenvalue weighted by atomic mass is 10.1. The fourth-order valence-corrected chi connectivity index (χ4v) is 1.31. The molecule has 0 saturated heterocycles. The first-order valence-corrected chi connectivity index (χ1v) is 5.70. The molecule has 0 aliphatic carbocycles. The highest BCUT2D eigenvalue weighted by atomic mass is 14.0. The molecule has 0 spiro atoms. The van der Waals surface area contributed by atoms with Crippen LogP contribution in [0.5, 0.6) is 0 Å². The van der Waals surface area contributed by atoms with Gasteiger partial charge >= 0.3 is 0 Å². The molecule has 0 N–H and O–H groups in total. The van der Waals surface area contributed by atoms with Crippen LogP contribution in [0.15, 0.2) is 41.2 Å². The minimum Gasteiger partial charge on any atom is -0.130 e. The van der Waals surface area contributed by atoms with Crippen molar-refractivity contribution >= 4 is 0 Å². The van der Waals surface area contributed by atoms with Crippen molar-refractivity contribution in [2.75, 3.05) is 0 Å². The Kier molecular flexibility index (Phi) is 7.77. The Hall–Kier alpha value is -1.00. The maximum absolute atomic E-state index is 3.64. The summed E-state index contributed by atoms with van der Waals surface area (Å²) >= 11 is 0. The second-order valence-corrected chi connectivity index (χ2v) is 4.37. The topological polar surface area (TPSA) is 0 Å². The summed E-state index contributed by atoms with van der Waals surface area (Å²) in [6.45, 7) is 12.2. The summed E-state index contributed by atoms with van der Waals surface area (Å²) in [4.78, 5) is 0. The third-order valence-electron chi connectivity index (χ3n) is 2.41. The molecule has 0 nitrogen and oxygen atoms in total. The second kappa shape index (κ2) is 8.32. The Labute approximate surface area is 95.1 Å². The summed E-state index contributed by atoms with van der Waals surface area (Å²) in [5, 5.41) is 0. The molecule has 0 rings (SSSR count). The van der Waals surface area contributed by atoms with Gasteiger partial charge in [-0.3, -0.25) is 0 Å². The average Bonchev–Trinajstić information content (AvgIpc) is 2.17. The van der Waals surface area contributed by atoms with Crippen LogP contribution in [-0.4, -0.2) is 0 Å². The molecule has 0 aliphatic heterocycles. The van der Waals surface area contributed by atoms with E-state index < -0.39 is 0 Å². The number of rotatable bonds is 6. The van der Waals surface area contributed by atoms with E-state index in [1.165, 1.54) is 29.6 Å². The van der Waals surface area contributed by atoms with Gasteiger partial charge in [0, 0.05) is 0 Å². The quantitative estimate of drug-likeness (QED) is 0.412. The number of hydrogen-bond donors (Lipinski definition) is 0. The maximum atomic E-state index is 3.64. The van der Waals surface area contributed by atoms with Crippen molar-refractivity contribution in [3.63, 3.8) is 0 Å². The first-order valence-electron chi connectivity index (χ1n) is 5.70. The molecule has 0 aromatic rings. The van der Waals surface area contributed by atoms with E-state index in [9.17, 15) is 0 Å². The van der Waals surface area contributed by atoms with Crippen molar-refractivity contribution in [2.45, 2.75) is 53.4 Å². The summed E-state index contributed by atoms with van der Waals surface area (Å²) in [7, 11) is 0. The lowest BCUT2D eigenvalue weighted by Gasteiger charge is -1.99. The lowest BCUT2D eigenvalue weighted by molar-refractivity contribution is 0.919. The second-order valence-electron chi connectivity index (χ2n) is 4.37. The molecular weight excluding hydrogens is 180 g/mol. The van der Waals surface area contributed by atoms with Crippen LogP contribution < -0.4 is 0 Å². The molecule has 0 aromatic heterocycles. The summed E-state index contributed by atoms with van der Waals surface area (Å²) in [5.74, 6) is 0. The van der Waals surface area contributed by atoms with Crippen LogP contribution in [0, 0.1) is 0 Å². The molecule has 15 heavy (non-hydrogen) atoms. The average molecular weight is 204 g/mol. The normalized spacial score (nSPS) is 10.8. The van der Waals surface area contributed by atoms with Gasteiger partial charge in [0.2, 0.25) is 0 Å². The molecule has 0 heteroatoms. The van der Waals surface area contributed by atoms with Gasteiger partial charge < -0.3 is 0 Å². The maximum Gasteiger partial charge on any atom is -0.0212 e. The summed E-state index contributed by atoms with van der Waals surface area (Å²) in [6, 6.07) is 0. The minimum atomic E-state index is 1.09. The van der Waals surface area contributed by atoms with Crippen LogP contribution in [0.2, 0.25) is 0 Å². The van der Waals surface area contributed by atoms with Gasteiger partial charge in [0.05, 0.1) is 0 Å². The van der Waals surface area contributed by atoms with Gasteiger partial charge in [-0.2, -0.15) is 0 Å². The third-order valence-corrected chi connectivity index (χ3v) is 2.41. The van der Waals surface area contributed by atoms with Gasteiger partial charge in [-0.1, -0.05) is 29.9 Å². The molecule has 0 radical (unpaired) electrons. The van der Waals surface area contributed by atoms with Gasteiger partial charge in [-0.15, -0.1) is 5.73 Å². The van der Waals surface area contributed by atoms with Crippen LogP contribution in [0.1, 0.15) is 53.4 Å². The Morgan fingerprint density at radius 3 is 2.13 bits per heavy atom. The van der Waals surface area contributed by atoms with E-state index in [1.807, 2.05) is 0 Å². The van der Waals surface area contributed by atoms with E-state index in [-0.39, 0.29) is 0 Å². The van der Waals surface area contributed by atoms with Crippen molar-refractivity contribution in [3.8, 4) is 0 Å². The summed E-state index contributed by atoms with van der Waals surface area (Å²) < 4.78 is 0. The van der Waals surface area contributed by atoms with Crippen molar-refractivity contribution < 1.29 is 0 Å². The van der Waals surface area contributed by atoms with Crippen LogP contribution in [0.3, 0.4) is 0 Å². The zero-order valence-corrected chi connectivity index (χ0v) is 10.7. The summed E-state index contributed by atoms with van der Waals surface area (Å²) in [6.07, 6.45) is 9.19. The van der Waals surface area contributed by atoms with Gasteiger partial charge in [0.1, 0.15) is 0 Å². The zero-order chi connectivity index (χ0) is 11.7. The molecule has 0 saturated carbocycles. The molecule has 0 atom stereocenters. The standard InChI is InChI=1S/C15H24/c1-6-14(4)10-8-12-15(5)11-7-9-13(2)3/h9,12H,1,7-8,10-11H2,2-5H3/b15-12+. The predicted molar refractivity (Wildman–Crippen MR) is 70.0 cm³/mol. The smallest absolute Gasteiger partial charge is 0.0212 e. The van der Waals surface area contributed by atoms with Gasteiger partial charge in [0.15, 0.2) is 0 Å². The summed E-state index contributed by atoms with van der Waals surface area (Å²) in [5.41, 5.74) is 7.08. The van der Waals surface area contributed by atoms with Crippen LogP contribution >= 0.6 is 0 Å². The highest BCUT2D eigenvalue weighted by molar-refractivity contribution is 5.04. The van der Waals surface area contributed by atoms with Crippen molar-refractivity contribution in [1.82, 2.24) is 0 Å². The van der Waals surface area contributed by atoms with E-state index in [4.69, 9.17) is 0 Å². The largest absolute Gasteiger partial charge is 0.130 e. The Morgan fingerprint density at radius 2 is 1.60 bits per heavy atom. The molecule has 0 unspecified atom stereocenters.